The van der Waals surface area contributed by atoms with Gasteiger partial charge in [-0.1, -0.05) is 74.5 Å². The van der Waals surface area contributed by atoms with Gasteiger partial charge in [0.2, 0.25) is 8.77 Å². The lowest BCUT2D eigenvalue weighted by molar-refractivity contribution is 0.313. The molecule has 134 valence electrons. The Hall–Kier alpha value is -0.300. The fourth-order valence-corrected chi connectivity index (χ4v) is 3.51. The summed E-state index contributed by atoms with van der Waals surface area (Å²) in [4.78, 5) is 0. The van der Waals surface area contributed by atoms with Crippen LogP contribution in [0.1, 0.15) is 50.7 Å². The van der Waals surface area contributed by atoms with E-state index in [0.717, 1.165) is 50.4 Å². The van der Waals surface area contributed by atoms with Gasteiger partial charge in [-0.2, -0.15) is 0 Å². The molecule has 0 fully saturated rings. The smallest absolute Gasteiger partial charge is 0.220 e. The summed E-state index contributed by atoms with van der Waals surface area (Å²) in [5, 5.41) is 0. The highest BCUT2D eigenvalue weighted by molar-refractivity contribution is 8.22. The van der Waals surface area contributed by atoms with E-state index in [2.05, 4.69) is 38.1 Å². The summed E-state index contributed by atoms with van der Waals surface area (Å²) < 4.78 is 12.3. The van der Waals surface area contributed by atoms with Gasteiger partial charge in [-0.3, -0.25) is 0 Å². The third kappa shape index (κ3) is 10.5. The highest BCUT2D eigenvalue weighted by atomic mass is 32.2. The minimum absolute atomic E-state index is 0.637. The number of ether oxygens (including phenoxy) is 2. The molecule has 0 heterocycles. The first-order valence-corrected chi connectivity index (χ1v) is 11.1. The van der Waals surface area contributed by atoms with E-state index in [4.69, 9.17) is 33.9 Å². The maximum atomic E-state index is 5.50. The molecule has 1 rings (SSSR count). The summed E-state index contributed by atoms with van der Waals surface area (Å²) in [5.74, 6) is 1.69. The predicted molar refractivity (Wildman–Crippen MR) is 116 cm³/mol. The van der Waals surface area contributed by atoms with E-state index >= 15 is 0 Å². The molecule has 0 saturated heterocycles. The van der Waals surface area contributed by atoms with Crippen LogP contribution in [-0.2, 0) is 21.0 Å². The Bertz CT molecular complexity index is 443. The second kappa shape index (κ2) is 13.9. The fourth-order valence-electron chi connectivity index (χ4n) is 1.70. The van der Waals surface area contributed by atoms with Crippen LogP contribution in [0.4, 0.5) is 0 Å². The first-order valence-electron chi connectivity index (χ1n) is 8.32. The summed E-state index contributed by atoms with van der Waals surface area (Å²) in [6.07, 6.45) is 4.35. The molecule has 0 aliphatic carbocycles. The van der Waals surface area contributed by atoms with E-state index in [9.17, 15) is 0 Å². The molecule has 0 N–H and O–H groups in total. The van der Waals surface area contributed by atoms with E-state index in [1.165, 1.54) is 11.1 Å². The second-order valence-corrected chi connectivity index (χ2v) is 8.45. The molecule has 24 heavy (non-hydrogen) atoms. The van der Waals surface area contributed by atoms with E-state index < -0.39 is 0 Å². The summed E-state index contributed by atoms with van der Waals surface area (Å²) in [6, 6.07) is 8.55. The maximum Gasteiger partial charge on any atom is 0.220 e. The lowest BCUT2D eigenvalue weighted by Crippen LogP contribution is -2.00. The molecule has 0 spiro atoms. The number of hydrogen-bond donors (Lipinski definition) is 0. The van der Waals surface area contributed by atoms with E-state index in [0.29, 0.717) is 8.77 Å². The van der Waals surface area contributed by atoms with Crippen LogP contribution in [0.2, 0.25) is 0 Å². The van der Waals surface area contributed by atoms with Gasteiger partial charge in [0.1, 0.15) is 0 Å². The lowest BCUT2D eigenvalue weighted by atomic mass is 10.2. The van der Waals surface area contributed by atoms with Crippen LogP contribution >= 0.6 is 48.0 Å². The quantitative estimate of drug-likeness (QED) is 0.332. The number of unbranched alkanes of at least 4 members (excludes halogenated alkanes) is 2. The lowest BCUT2D eigenvalue weighted by Gasteiger charge is -2.08. The number of thiocarbonyl (C=S) groups is 2. The molecule has 0 aliphatic rings. The molecule has 0 radical (unpaired) electrons. The molecular formula is C18H26O2S4. The Labute approximate surface area is 165 Å². The van der Waals surface area contributed by atoms with Crippen molar-refractivity contribution in [1.82, 2.24) is 0 Å². The third-order valence-corrected chi connectivity index (χ3v) is 5.78. The zero-order valence-electron chi connectivity index (χ0n) is 14.4. The number of hydrogen-bond acceptors (Lipinski definition) is 6. The van der Waals surface area contributed by atoms with Crippen molar-refractivity contribution >= 4 is 56.7 Å². The molecule has 6 heteroatoms. The average Bonchev–Trinajstić information content (AvgIpc) is 2.59. The monoisotopic (exact) mass is 402 g/mol. The van der Waals surface area contributed by atoms with Crippen LogP contribution in [0, 0.1) is 0 Å². The van der Waals surface area contributed by atoms with Crippen LogP contribution in [0.5, 0.6) is 0 Å². The van der Waals surface area contributed by atoms with Gasteiger partial charge < -0.3 is 9.47 Å². The normalized spacial score (nSPS) is 10.4. The van der Waals surface area contributed by atoms with Crippen LogP contribution in [0.25, 0.3) is 0 Å². The molecule has 0 saturated carbocycles. The molecule has 1 aromatic rings. The predicted octanol–water partition coefficient (Wildman–Crippen LogP) is 6.36. The maximum absolute atomic E-state index is 5.50. The summed E-state index contributed by atoms with van der Waals surface area (Å²) >= 11 is 13.6. The summed E-state index contributed by atoms with van der Waals surface area (Å²) in [5.41, 5.74) is 2.49. The van der Waals surface area contributed by atoms with E-state index in [-0.39, 0.29) is 0 Å². The average molecular weight is 403 g/mol. The first kappa shape index (κ1) is 21.7. The molecule has 0 amide bonds. The van der Waals surface area contributed by atoms with Crippen molar-refractivity contribution in [2.24, 2.45) is 0 Å². The molecule has 0 aromatic heterocycles. The minimum Gasteiger partial charge on any atom is -0.479 e. The van der Waals surface area contributed by atoms with Crippen LogP contribution < -0.4 is 0 Å². The van der Waals surface area contributed by atoms with Crippen molar-refractivity contribution in [3.8, 4) is 0 Å². The van der Waals surface area contributed by atoms with Crippen molar-refractivity contribution in [1.29, 1.82) is 0 Å². The van der Waals surface area contributed by atoms with Crippen molar-refractivity contribution in [3.05, 3.63) is 35.4 Å². The van der Waals surface area contributed by atoms with Crippen LogP contribution in [-0.4, -0.2) is 22.0 Å². The van der Waals surface area contributed by atoms with Gasteiger partial charge in [0.05, 0.1) is 13.2 Å². The van der Waals surface area contributed by atoms with E-state index in [1.807, 2.05) is 0 Å². The van der Waals surface area contributed by atoms with Crippen molar-refractivity contribution < 1.29 is 9.47 Å². The van der Waals surface area contributed by atoms with Crippen LogP contribution in [0.15, 0.2) is 24.3 Å². The number of benzene rings is 1. The van der Waals surface area contributed by atoms with Gasteiger partial charge in [0.25, 0.3) is 0 Å². The Morgan fingerprint density at radius 1 is 0.792 bits per heavy atom. The second-order valence-electron chi connectivity index (χ2n) is 5.30. The fraction of sp³-hybridized carbons (Fsp3) is 0.556. The number of rotatable bonds is 10. The van der Waals surface area contributed by atoms with E-state index in [1.54, 1.807) is 23.5 Å². The SMILES string of the molecule is CCCCOC(=S)SCc1ccc(CSC(=S)OCCCC)cc1. The Balaban J connectivity index is 2.25. The largest absolute Gasteiger partial charge is 0.479 e. The van der Waals surface area contributed by atoms with Crippen molar-refractivity contribution in [3.63, 3.8) is 0 Å². The topological polar surface area (TPSA) is 18.5 Å². The van der Waals surface area contributed by atoms with Gasteiger partial charge in [-0.25, -0.2) is 0 Å². The van der Waals surface area contributed by atoms with Crippen molar-refractivity contribution in [2.45, 2.75) is 51.0 Å². The molecule has 0 bridgehead atoms. The Morgan fingerprint density at radius 3 is 1.50 bits per heavy atom. The highest BCUT2D eigenvalue weighted by Crippen LogP contribution is 2.19. The zero-order chi connectivity index (χ0) is 17.6. The Morgan fingerprint density at radius 2 is 1.17 bits per heavy atom. The standard InChI is InChI=1S/C18H26O2S4/c1-3-5-11-19-17(21)23-13-15-7-9-16(10-8-15)14-24-18(22)20-12-6-4-2/h7-10H,3-6,11-14H2,1-2H3. The Kier molecular flexibility index (Phi) is 12.6. The van der Waals surface area contributed by atoms with Gasteiger partial charge in [-0.05, 0) is 48.4 Å². The van der Waals surface area contributed by atoms with Crippen LogP contribution in [0.3, 0.4) is 0 Å². The van der Waals surface area contributed by atoms with Gasteiger partial charge >= 0.3 is 0 Å². The number of thioether (sulfide) groups is 2. The highest BCUT2D eigenvalue weighted by Gasteiger charge is 2.03. The van der Waals surface area contributed by atoms with Gasteiger partial charge in [0, 0.05) is 11.5 Å². The summed E-state index contributed by atoms with van der Waals surface area (Å²) in [6.45, 7) is 5.73. The van der Waals surface area contributed by atoms with Gasteiger partial charge in [0.15, 0.2) is 0 Å². The molecule has 1 aromatic carbocycles. The zero-order valence-corrected chi connectivity index (χ0v) is 17.7. The molecule has 0 aliphatic heterocycles. The minimum atomic E-state index is 0.637. The van der Waals surface area contributed by atoms with Crippen molar-refractivity contribution in [2.75, 3.05) is 13.2 Å². The van der Waals surface area contributed by atoms with Gasteiger partial charge in [-0.15, -0.1) is 0 Å². The molecule has 2 nitrogen and oxygen atoms in total. The molecule has 0 unspecified atom stereocenters. The first-order chi connectivity index (χ1) is 11.7. The molecule has 0 atom stereocenters. The summed E-state index contributed by atoms with van der Waals surface area (Å²) in [7, 11) is 0. The third-order valence-electron chi connectivity index (χ3n) is 3.17. The molecular weight excluding hydrogens is 376 g/mol.